The molecule has 7 nitrogen and oxygen atoms in total. The first kappa shape index (κ1) is 21.8. The van der Waals surface area contributed by atoms with E-state index in [2.05, 4.69) is 20.3 Å². The number of carbonyl (C=O) groups excluding carboxylic acids is 1. The summed E-state index contributed by atoms with van der Waals surface area (Å²) in [6.45, 7) is 6.54. The molecule has 0 saturated heterocycles. The van der Waals surface area contributed by atoms with Gasteiger partial charge in [-0.2, -0.15) is 5.10 Å². The smallest absolute Gasteiger partial charge is 0.220 e. The van der Waals surface area contributed by atoms with Crippen molar-refractivity contribution in [2.45, 2.75) is 39.7 Å². The molecule has 160 valence electrons. The van der Waals surface area contributed by atoms with Gasteiger partial charge in [0.15, 0.2) is 5.65 Å². The monoisotopic (exact) mass is 409 g/mol. The molecule has 2 aromatic heterocycles. The number of carbonyl (C=O) groups is 1. The normalized spacial score (nSPS) is 12.4. The lowest BCUT2D eigenvalue weighted by molar-refractivity contribution is -0.121. The molecule has 0 aliphatic heterocycles. The van der Waals surface area contributed by atoms with E-state index in [0.29, 0.717) is 19.4 Å². The number of benzene rings is 1. The number of hydrogen-bond donors (Lipinski definition) is 1. The molecule has 30 heavy (non-hydrogen) atoms. The van der Waals surface area contributed by atoms with Crippen LogP contribution in [0.25, 0.3) is 5.65 Å². The molecule has 3 aromatic rings. The molecular weight excluding hydrogens is 378 g/mol. The fourth-order valence-corrected chi connectivity index (χ4v) is 3.77. The fourth-order valence-electron chi connectivity index (χ4n) is 3.77. The second-order valence-corrected chi connectivity index (χ2v) is 7.87. The van der Waals surface area contributed by atoms with E-state index >= 15 is 0 Å². The molecule has 0 aliphatic carbocycles. The number of rotatable bonds is 8. The first-order valence-corrected chi connectivity index (χ1v) is 10.2. The predicted molar refractivity (Wildman–Crippen MR) is 118 cm³/mol. The van der Waals surface area contributed by atoms with Crippen molar-refractivity contribution < 1.29 is 9.53 Å². The molecule has 0 aliphatic rings. The van der Waals surface area contributed by atoms with Gasteiger partial charge in [0.25, 0.3) is 0 Å². The van der Waals surface area contributed by atoms with Crippen LogP contribution in [0.15, 0.2) is 30.3 Å². The van der Waals surface area contributed by atoms with Gasteiger partial charge in [0.05, 0.1) is 18.8 Å². The Kier molecular flexibility index (Phi) is 6.72. The maximum absolute atomic E-state index is 12.6. The number of ether oxygens (including phenoxy) is 1. The number of methoxy groups -OCH3 is 1. The zero-order valence-corrected chi connectivity index (χ0v) is 18.7. The minimum atomic E-state index is 0.0332. The molecule has 7 heteroatoms. The molecule has 0 saturated carbocycles. The van der Waals surface area contributed by atoms with Crippen molar-refractivity contribution in [1.82, 2.24) is 24.8 Å². The van der Waals surface area contributed by atoms with Crippen LogP contribution in [0.2, 0.25) is 0 Å². The Morgan fingerprint density at radius 1 is 1.20 bits per heavy atom. The molecule has 3 rings (SSSR count). The molecule has 0 fully saturated rings. The number of aryl methyl sites for hydroxylation is 3. The second-order valence-electron chi connectivity index (χ2n) is 7.87. The van der Waals surface area contributed by atoms with Crippen molar-refractivity contribution in [2.24, 2.45) is 0 Å². The topological polar surface area (TPSA) is 71.8 Å². The molecule has 1 N–H and O–H groups in total. The zero-order valence-electron chi connectivity index (χ0n) is 18.7. The Labute approximate surface area is 178 Å². The summed E-state index contributed by atoms with van der Waals surface area (Å²) in [5, 5.41) is 7.59. The summed E-state index contributed by atoms with van der Waals surface area (Å²) in [5.74, 6) is 0.856. The number of amides is 1. The van der Waals surface area contributed by atoms with Gasteiger partial charge in [0.2, 0.25) is 5.91 Å². The molecule has 1 aromatic carbocycles. The van der Waals surface area contributed by atoms with Crippen molar-refractivity contribution in [1.29, 1.82) is 0 Å². The van der Waals surface area contributed by atoms with Crippen LogP contribution in [-0.2, 0) is 11.2 Å². The van der Waals surface area contributed by atoms with Crippen LogP contribution in [0.3, 0.4) is 0 Å². The van der Waals surface area contributed by atoms with Crippen LogP contribution in [-0.4, -0.2) is 53.2 Å². The third-order valence-corrected chi connectivity index (χ3v) is 5.50. The fraction of sp³-hybridized carbons (Fsp3) is 0.435. The van der Waals surface area contributed by atoms with Crippen LogP contribution in [0.4, 0.5) is 0 Å². The summed E-state index contributed by atoms with van der Waals surface area (Å²) >= 11 is 0. The van der Waals surface area contributed by atoms with Crippen LogP contribution in [0.5, 0.6) is 5.75 Å². The first-order chi connectivity index (χ1) is 14.3. The molecule has 1 amide bonds. The van der Waals surface area contributed by atoms with Gasteiger partial charge in [-0.15, -0.1) is 0 Å². The Bertz CT molecular complexity index is 1020. The van der Waals surface area contributed by atoms with Crippen molar-refractivity contribution in [3.63, 3.8) is 0 Å². The highest BCUT2D eigenvalue weighted by atomic mass is 16.5. The van der Waals surface area contributed by atoms with Gasteiger partial charge in [-0.1, -0.05) is 12.1 Å². The minimum absolute atomic E-state index is 0.0332. The zero-order chi connectivity index (χ0) is 21.8. The molecular formula is C23H31N5O2. The van der Waals surface area contributed by atoms with Gasteiger partial charge in [-0.05, 0) is 64.5 Å². The minimum Gasteiger partial charge on any atom is -0.497 e. The summed E-state index contributed by atoms with van der Waals surface area (Å²) in [6, 6.07) is 10.0. The Morgan fingerprint density at radius 3 is 2.53 bits per heavy atom. The van der Waals surface area contributed by atoms with E-state index in [9.17, 15) is 4.79 Å². The third-order valence-electron chi connectivity index (χ3n) is 5.50. The average molecular weight is 410 g/mol. The van der Waals surface area contributed by atoms with Gasteiger partial charge in [0.1, 0.15) is 5.75 Å². The highest BCUT2D eigenvalue weighted by molar-refractivity contribution is 5.76. The van der Waals surface area contributed by atoms with Crippen molar-refractivity contribution >= 4 is 11.6 Å². The number of likely N-dealkylation sites (N-methyl/N-ethyl adjacent to an activating group) is 1. The van der Waals surface area contributed by atoms with Crippen LogP contribution in [0, 0.1) is 20.8 Å². The SMILES string of the molecule is COc1ccc(C(CNC(=O)CCc2c(C)nc3cc(C)nn3c2C)N(C)C)cc1. The molecule has 1 atom stereocenters. The van der Waals surface area contributed by atoms with Crippen LogP contribution < -0.4 is 10.1 Å². The van der Waals surface area contributed by atoms with E-state index < -0.39 is 0 Å². The molecule has 0 spiro atoms. The van der Waals surface area contributed by atoms with Gasteiger partial charge in [0, 0.05) is 30.4 Å². The number of nitrogens with one attached hydrogen (secondary N) is 1. The van der Waals surface area contributed by atoms with E-state index in [-0.39, 0.29) is 11.9 Å². The number of nitrogens with zero attached hydrogens (tertiary/aromatic N) is 4. The Morgan fingerprint density at radius 2 is 1.90 bits per heavy atom. The van der Waals surface area contributed by atoms with E-state index in [1.807, 2.05) is 69.7 Å². The number of hydrogen-bond acceptors (Lipinski definition) is 5. The summed E-state index contributed by atoms with van der Waals surface area (Å²) in [4.78, 5) is 19.3. The van der Waals surface area contributed by atoms with Gasteiger partial charge in [-0.3, -0.25) is 4.79 Å². The maximum Gasteiger partial charge on any atom is 0.220 e. The highest BCUT2D eigenvalue weighted by Gasteiger charge is 2.17. The largest absolute Gasteiger partial charge is 0.497 e. The van der Waals surface area contributed by atoms with Crippen LogP contribution in [0.1, 0.15) is 40.7 Å². The van der Waals surface area contributed by atoms with Gasteiger partial charge in [-0.25, -0.2) is 9.50 Å². The van der Waals surface area contributed by atoms with E-state index in [1.54, 1.807) is 7.11 Å². The summed E-state index contributed by atoms with van der Waals surface area (Å²) in [5.41, 5.74) is 6.01. The molecule has 1 unspecified atom stereocenters. The summed E-state index contributed by atoms with van der Waals surface area (Å²) < 4.78 is 7.10. The van der Waals surface area contributed by atoms with Crippen molar-refractivity contribution in [3.05, 3.63) is 58.5 Å². The molecule has 0 radical (unpaired) electrons. The number of aromatic nitrogens is 3. The average Bonchev–Trinajstić information content (AvgIpc) is 3.08. The van der Waals surface area contributed by atoms with Crippen molar-refractivity contribution in [3.8, 4) is 5.75 Å². The predicted octanol–water partition coefficient (Wildman–Crippen LogP) is 3.01. The molecule has 0 bridgehead atoms. The van der Waals surface area contributed by atoms with E-state index in [4.69, 9.17) is 4.74 Å². The Hall–Kier alpha value is -2.93. The first-order valence-electron chi connectivity index (χ1n) is 10.2. The Balaban J connectivity index is 1.63. The van der Waals surface area contributed by atoms with E-state index in [0.717, 1.165) is 39.6 Å². The quantitative estimate of drug-likeness (QED) is 0.619. The number of fused-ring (bicyclic) bond motifs is 1. The van der Waals surface area contributed by atoms with Gasteiger partial charge < -0.3 is 15.0 Å². The van der Waals surface area contributed by atoms with Crippen LogP contribution >= 0.6 is 0 Å². The lowest BCUT2D eigenvalue weighted by Gasteiger charge is -2.25. The summed E-state index contributed by atoms with van der Waals surface area (Å²) in [6.07, 6.45) is 1.05. The highest BCUT2D eigenvalue weighted by Crippen LogP contribution is 2.21. The second kappa shape index (κ2) is 9.26. The lowest BCUT2D eigenvalue weighted by atomic mass is 10.0. The van der Waals surface area contributed by atoms with Crippen molar-refractivity contribution in [2.75, 3.05) is 27.7 Å². The third kappa shape index (κ3) is 4.79. The lowest BCUT2D eigenvalue weighted by Crippen LogP contribution is -2.34. The van der Waals surface area contributed by atoms with Gasteiger partial charge >= 0.3 is 0 Å². The maximum atomic E-state index is 12.6. The molecule has 2 heterocycles. The summed E-state index contributed by atoms with van der Waals surface area (Å²) in [7, 11) is 5.68. The standard InChI is InChI=1S/C23H31N5O2/c1-15-13-22-25-16(2)20(17(3)28(22)26-15)11-12-23(29)24-14-21(27(4)5)18-7-9-19(30-6)10-8-18/h7-10,13,21H,11-12,14H2,1-6H3,(H,24,29). The van der Waals surface area contributed by atoms with E-state index in [1.165, 1.54) is 0 Å².